The maximum absolute atomic E-state index is 13.1. The number of aryl methyl sites for hydroxylation is 1. The van der Waals surface area contributed by atoms with E-state index in [1.807, 2.05) is 6.07 Å². The van der Waals surface area contributed by atoms with Crippen molar-refractivity contribution in [3.8, 4) is 17.2 Å². The third-order valence-electron chi connectivity index (χ3n) is 5.38. The van der Waals surface area contributed by atoms with E-state index in [0.717, 1.165) is 38.5 Å². The number of nitrogens with zero attached hydrogens (tertiary/aromatic N) is 1. The van der Waals surface area contributed by atoms with E-state index in [4.69, 9.17) is 9.47 Å². The summed E-state index contributed by atoms with van der Waals surface area (Å²) in [5.74, 6) is 0.675. The molecule has 1 heterocycles. The van der Waals surface area contributed by atoms with Crippen molar-refractivity contribution in [1.29, 1.82) is 0 Å². The summed E-state index contributed by atoms with van der Waals surface area (Å²) in [5, 5.41) is 11.3. The van der Waals surface area contributed by atoms with Gasteiger partial charge in [-0.2, -0.15) is 0 Å². The zero-order chi connectivity index (χ0) is 21.1. The normalized spacial score (nSPS) is 11.1. The van der Waals surface area contributed by atoms with Gasteiger partial charge in [-0.1, -0.05) is 65.2 Å². The van der Waals surface area contributed by atoms with Crippen LogP contribution in [-0.2, 0) is 6.54 Å². The molecule has 0 bridgehead atoms. The van der Waals surface area contributed by atoms with Gasteiger partial charge in [0.15, 0.2) is 5.75 Å². The molecule has 5 nitrogen and oxygen atoms in total. The Bertz CT molecular complexity index is 813. The molecule has 0 aliphatic rings. The predicted octanol–water partition coefficient (Wildman–Crippen LogP) is 6.04. The van der Waals surface area contributed by atoms with Crippen LogP contribution in [0.15, 0.2) is 23.0 Å². The number of aromatic hydroxyl groups is 1. The Morgan fingerprint density at radius 2 is 1.59 bits per heavy atom. The minimum absolute atomic E-state index is 0.0663. The van der Waals surface area contributed by atoms with Crippen LogP contribution in [0, 0.1) is 0 Å². The lowest BCUT2D eigenvalue weighted by Crippen LogP contribution is -2.23. The highest BCUT2D eigenvalue weighted by Crippen LogP contribution is 2.33. The molecule has 1 aromatic carbocycles. The first-order chi connectivity index (χ1) is 14.1. The Kier molecular flexibility index (Phi) is 9.89. The molecular formula is C24H37NO4. The molecule has 5 heteroatoms. The summed E-state index contributed by atoms with van der Waals surface area (Å²) in [4.78, 5) is 13.1. The number of benzene rings is 1. The average molecular weight is 404 g/mol. The van der Waals surface area contributed by atoms with Crippen molar-refractivity contribution in [2.45, 2.75) is 84.6 Å². The summed E-state index contributed by atoms with van der Waals surface area (Å²) in [6.45, 7) is 5.43. The molecule has 0 aliphatic heterocycles. The summed E-state index contributed by atoms with van der Waals surface area (Å²) in [7, 11) is 1.60. The number of rotatable bonds is 14. The molecule has 1 N–H and O–H groups in total. The number of hydrogen-bond donors (Lipinski definition) is 1. The molecule has 0 spiro atoms. The smallest absolute Gasteiger partial charge is 0.297 e. The second-order valence-corrected chi connectivity index (χ2v) is 7.69. The fraction of sp³-hybridized carbons (Fsp3) is 0.625. The summed E-state index contributed by atoms with van der Waals surface area (Å²) in [6, 6.07) is 5.41. The van der Waals surface area contributed by atoms with E-state index in [1.54, 1.807) is 23.8 Å². The van der Waals surface area contributed by atoms with Gasteiger partial charge in [-0.3, -0.25) is 4.79 Å². The first kappa shape index (κ1) is 23.1. The zero-order valence-electron chi connectivity index (χ0n) is 18.3. The van der Waals surface area contributed by atoms with E-state index < -0.39 is 0 Å². The molecule has 0 fully saturated rings. The van der Waals surface area contributed by atoms with Crippen LogP contribution < -0.4 is 15.0 Å². The Hall–Kier alpha value is -2.17. The van der Waals surface area contributed by atoms with E-state index in [-0.39, 0.29) is 17.1 Å². The Morgan fingerprint density at radius 1 is 0.931 bits per heavy atom. The van der Waals surface area contributed by atoms with Crippen LogP contribution in [0.1, 0.15) is 78.1 Å². The predicted molar refractivity (Wildman–Crippen MR) is 119 cm³/mol. The fourth-order valence-electron chi connectivity index (χ4n) is 3.62. The number of hydrogen-bond acceptors (Lipinski definition) is 4. The van der Waals surface area contributed by atoms with Gasteiger partial charge in [0.1, 0.15) is 5.75 Å². The quantitative estimate of drug-likeness (QED) is 0.391. The number of unbranched alkanes of at least 4 members (excludes halogenated alkanes) is 8. The highest BCUT2D eigenvalue weighted by Gasteiger charge is 2.18. The van der Waals surface area contributed by atoms with Crippen LogP contribution in [0.3, 0.4) is 0 Å². The van der Waals surface area contributed by atoms with Crippen LogP contribution >= 0.6 is 0 Å². The average Bonchev–Trinajstić information content (AvgIpc) is 2.74. The first-order valence-corrected chi connectivity index (χ1v) is 11.2. The molecule has 0 aliphatic carbocycles. The molecule has 29 heavy (non-hydrogen) atoms. The molecule has 2 rings (SSSR count). The van der Waals surface area contributed by atoms with Gasteiger partial charge in [0, 0.05) is 18.0 Å². The second kappa shape index (κ2) is 12.4. The number of aromatic nitrogens is 1. The SMILES string of the molecule is CCCCCCCCOc1c(O)c2ccc(OC)cc2n(CCCCCC)c1=O. The first-order valence-electron chi connectivity index (χ1n) is 11.2. The number of pyridine rings is 1. The molecule has 0 unspecified atom stereocenters. The minimum Gasteiger partial charge on any atom is -0.504 e. The van der Waals surface area contributed by atoms with E-state index in [1.165, 1.54) is 25.7 Å². The Morgan fingerprint density at radius 3 is 2.28 bits per heavy atom. The molecule has 0 amide bonds. The molecule has 162 valence electrons. The van der Waals surface area contributed by atoms with Crippen LogP contribution in [0.25, 0.3) is 10.9 Å². The third kappa shape index (κ3) is 6.41. The molecule has 2 aromatic rings. The Balaban J connectivity index is 2.22. The van der Waals surface area contributed by atoms with Crippen molar-refractivity contribution in [2.24, 2.45) is 0 Å². The van der Waals surface area contributed by atoms with E-state index in [2.05, 4.69) is 13.8 Å². The van der Waals surface area contributed by atoms with Crippen molar-refractivity contribution in [3.05, 3.63) is 28.6 Å². The van der Waals surface area contributed by atoms with Gasteiger partial charge in [0.2, 0.25) is 5.75 Å². The molecular weight excluding hydrogens is 366 g/mol. The zero-order valence-corrected chi connectivity index (χ0v) is 18.3. The molecule has 0 atom stereocenters. The van der Waals surface area contributed by atoms with Crippen LogP contribution in [0.2, 0.25) is 0 Å². The molecule has 0 saturated heterocycles. The van der Waals surface area contributed by atoms with E-state index in [0.29, 0.717) is 29.8 Å². The fourth-order valence-corrected chi connectivity index (χ4v) is 3.62. The second-order valence-electron chi connectivity index (χ2n) is 7.69. The monoisotopic (exact) mass is 403 g/mol. The van der Waals surface area contributed by atoms with Crippen molar-refractivity contribution in [2.75, 3.05) is 13.7 Å². The number of methoxy groups -OCH3 is 1. The summed E-state index contributed by atoms with van der Waals surface area (Å²) >= 11 is 0. The molecule has 1 aromatic heterocycles. The summed E-state index contributed by atoms with van der Waals surface area (Å²) in [5.41, 5.74) is 0.431. The van der Waals surface area contributed by atoms with Gasteiger partial charge < -0.3 is 19.1 Å². The lowest BCUT2D eigenvalue weighted by atomic mass is 10.1. The molecule has 0 saturated carbocycles. The van der Waals surface area contributed by atoms with Gasteiger partial charge >= 0.3 is 0 Å². The number of ether oxygens (including phenoxy) is 2. The summed E-state index contributed by atoms with van der Waals surface area (Å²) < 4.78 is 12.8. The van der Waals surface area contributed by atoms with Gasteiger partial charge in [0.05, 0.1) is 19.2 Å². The largest absolute Gasteiger partial charge is 0.504 e. The van der Waals surface area contributed by atoms with Crippen molar-refractivity contribution < 1.29 is 14.6 Å². The molecule has 0 radical (unpaired) electrons. The summed E-state index contributed by atoms with van der Waals surface area (Å²) in [6.07, 6.45) is 11.2. The highest BCUT2D eigenvalue weighted by molar-refractivity contribution is 5.88. The Labute approximate surface area is 174 Å². The standard InChI is InChI=1S/C24H37NO4/c1-4-6-8-10-11-13-17-29-23-22(26)20-15-14-19(28-3)18-21(20)25(24(23)27)16-12-9-7-5-2/h14-15,18,26H,4-13,16-17H2,1-3H3. The third-order valence-corrected chi connectivity index (χ3v) is 5.38. The van der Waals surface area contributed by atoms with Gasteiger partial charge in [-0.25, -0.2) is 0 Å². The lowest BCUT2D eigenvalue weighted by Gasteiger charge is -2.16. The van der Waals surface area contributed by atoms with Crippen molar-refractivity contribution in [1.82, 2.24) is 4.57 Å². The van der Waals surface area contributed by atoms with Gasteiger partial charge in [0.25, 0.3) is 5.56 Å². The lowest BCUT2D eigenvalue weighted by molar-refractivity contribution is 0.283. The van der Waals surface area contributed by atoms with E-state index >= 15 is 0 Å². The van der Waals surface area contributed by atoms with Crippen LogP contribution in [0.5, 0.6) is 17.2 Å². The maximum Gasteiger partial charge on any atom is 0.297 e. The topological polar surface area (TPSA) is 60.7 Å². The van der Waals surface area contributed by atoms with Crippen LogP contribution in [0.4, 0.5) is 0 Å². The van der Waals surface area contributed by atoms with Crippen molar-refractivity contribution in [3.63, 3.8) is 0 Å². The van der Waals surface area contributed by atoms with Crippen LogP contribution in [-0.4, -0.2) is 23.4 Å². The van der Waals surface area contributed by atoms with E-state index in [9.17, 15) is 9.90 Å². The minimum atomic E-state index is -0.259. The van der Waals surface area contributed by atoms with Crippen molar-refractivity contribution >= 4 is 10.9 Å². The highest BCUT2D eigenvalue weighted by atomic mass is 16.5. The maximum atomic E-state index is 13.1. The van der Waals surface area contributed by atoms with Gasteiger partial charge in [-0.15, -0.1) is 0 Å². The number of fused-ring (bicyclic) bond motifs is 1. The van der Waals surface area contributed by atoms with Gasteiger partial charge in [-0.05, 0) is 25.0 Å².